The molecule has 2 rings (SSSR count). The summed E-state index contributed by atoms with van der Waals surface area (Å²) in [6, 6.07) is 6.17. The quantitative estimate of drug-likeness (QED) is 0.564. The third kappa shape index (κ3) is 4.32. The number of rotatable bonds is 3. The maximum Gasteiger partial charge on any atom is 0.132 e. The lowest BCUT2D eigenvalue weighted by molar-refractivity contribution is 0.0540. The minimum absolute atomic E-state index is 0.200. The van der Waals surface area contributed by atoms with Crippen molar-refractivity contribution in [1.82, 2.24) is 0 Å². The van der Waals surface area contributed by atoms with Gasteiger partial charge in [-0.05, 0) is 64.8 Å². The van der Waals surface area contributed by atoms with Crippen molar-refractivity contribution in [3.63, 3.8) is 0 Å². The lowest BCUT2D eigenvalue weighted by Crippen LogP contribution is -2.60. The fourth-order valence-corrected chi connectivity index (χ4v) is 6.50. The highest BCUT2D eigenvalue weighted by molar-refractivity contribution is 8.78. The van der Waals surface area contributed by atoms with Crippen LogP contribution in [0, 0.1) is 0 Å². The molecule has 0 amide bonds. The molecular formula is C18H29NO2S3. The Morgan fingerprint density at radius 2 is 2.04 bits per heavy atom. The molecule has 2 atom stereocenters. The van der Waals surface area contributed by atoms with E-state index in [-0.39, 0.29) is 10.1 Å². The molecular weight excluding hydrogens is 358 g/mol. The number of thiol groups is 1. The van der Waals surface area contributed by atoms with Gasteiger partial charge in [-0.3, -0.25) is 0 Å². The first-order chi connectivity index (χ1) is 11.1. The highest BCUT2D eigenvalue weighted by atomic mass is 33.1. The van der Waals surface area contributed by atoms with E-state index in [4.69, 9.17) is 17.4 Å². The Kier molecular flexibility index (Phi) is 6.38. The van der Waals surface area contributed by atoms with Crippen molar-refractivity contribution in [1.29, 1.82) is 0 Å². The maximum absolute atomic E-state index is 10.9. The molecule has 0 spiro atoms. The Morgan fingerprint density at radius 1 is 1.38 bits per heavy atom. The first-order valence-corrected chi connectivity index (χ1v) is 11.1. The summed E-state index contributed by atoms with van der Waals surface area (Å²) in [5.74, 6) is 0.871. The predicted molar refractivity (Wildman–Crippen MR) is 112 cm³/mol. The molecule has 2 unspecified atom stereocenters. The summed E-state index contributed by atoms with van der Waals surface area (Å²) in [5, 5.41) is 11.3. The number of benzene rings is 1. The number of fused-ring (bicyclic) bond motifs is 1. The smallest absolute Gasteiger partial charge is 0.132 e. The van der Waals surface area contributed by atoms with Crippen LogP contribution in [0.4, 0.5) is 5.69 Å². The van der Waals surface area contributed by atoms with Crippen molar-refractivity contribution in [2.45, 2.75) is 69.1 Å². The summed E-state index contributed by atoms with van der Waals surface area (Å²) in [7, 11) is 3.64. The standard InChI is InChI=1S/C18H29NO2S3/c1-7-21-14-8-9-15-13(10-14)11-16(22)24-23-12(2)17(3,4)19(15)18(5,6)20/h8-10,12,16,20,22H,7,11H2,1-6H3. The van der Waals surface area contributed by atoms with Gasteiger partial charge in [0.25, 0.3) is 0 Å². The van der Waals surface area contributed by atoms with Crippen molar-refractivity contribution >= 4 is 39.9 Å². The number of hydrogen-bond donors (Lipinski definition) is 2. The second kappa shape index (κ2) is 7.60. The van der Waals surface area contributed by atoms with Crippen LogP contribution in [0.25, 0.3) is 0 Å². The number of ether oxygens (including phenoxy) is 1. The topological polar surface area (TPSA) is 32.7 Å². The molecule has 1 aliphatic rings. The number of aliphatic hydroxyl groups is 1. The summed E-state index contributed by atoms with van der Waals surface area (Å²) in [6.45, 7) is 13.0. The Balaban J connectivity index is 2.63. The fourth-order valence-electron chi connectivity index (χ4n) is 3.18. The van der Waals surface area contributed by atoms with Crippen molar-refractivity contribution < 1.29 is 9.84 Å². The number of hydrogen-bond acceptors (Lipinski definition) is 6. The summed E-state index contributed by atoms with van der Waals surface area (Å²) in [6.07, 6.45) is 0.826. The van der Waals surface area contributed by atoms with E-state index >= 15 is 0 Å². The molecule has 0 saturated heterocycles. The lowest BCUT2D eigenvalue weighted by Gasteiger charge is -2.50. The Hall–Kier alpha value is -0.170. The van der Waals surface area contributed by atoms with Crippen LogP contribution in [0.5, 0.6) is 5.75 Å². The van der Waals surface area contributed by atoms with E-state index in [0.717, 1.165) is 17.9 Å². The van der Waals surface area contributed by atoms with Gasteiger partial charge in [0.15, 0.2) is 0 Å². The van der Waals surface area contributed by atoms with E-state index < -0.39 is 5.72 Å². The molecule has 0 saturated carbocycles. The molecule has 1 aliphatic heterocycles. The maximum atomic E-state index is 10.9. The Morgan fingerprint density at radius 3 is 2.62 bits per heavy atom. The van der Waals surface area contributed by atoms with Crippen LogP contribution in [-0.4, -0.2) is 32.8 Å². The molecule has 3 nitrogen and oxygen atoms in total. The van der Waals surface area contributed by atoms with Crippen LogP contribution in [-0.2, 0) is 6.42 Å². The average molecular weight is 388 g/mol. The van der Waals surface area contributed by atoms with E-state index in [9.17, 15) is 5.11 Å². The first-order valence-electron chi connectivity index (χ1n) is 8.36. The highest BCUT2D eigenvalue weighted by Gasteiger charge is 2.42. The average Bonchev–Trinajstić information content (AvgIpc) is 2.48. The van der Waals surface area contributed by atoms with Crippen LogP contribution < -0.4 is 9.64 Å². The Bertz CT molecular complexity index is 572. The third-order valence-electron chi connectivity index (χ3n) is 4.43. The van der Waals surface area contributed by atoms with Crippen LogP contribution in [0.15, 0.2) is 18.2 Å². The molecule has 1 N–H and O–H groups in total. The van der Waals surface area contributed by atoms with Gasteiger partial charge in [-0.15, -0.1) is 0 Å². The molecule has 136 valence electrons. The molecule has 0 aliphatic carbocycles. The highest BCUT2D eigenvalue weighted by Crippen LogP contribution is 2.47. The fraction of sp³-hybridized carbons (Fsp3) is 0.667. The van der Waals surface area contributed by atoms with Crippen molar-refractivity contribution in [3.05, 3.63) is 23.8 Å². The third-order valence-corrected chi connectivity index (χ3v) is 8.62. The molecule has 1 aromatic carbocycles. The monoisotopic (exact) mass is 387 g/mol. The zero-order valence-electron chi connectivity index (χ0n) is 15.4. The minimum Gasteiger partial charge on any atom is -0.494 e. The van der Waals surface area contributed by atoms with Crippen LogP contribution in [0.2, 0.25) is 0 Å². The van der Waals surface area contributed by atoms with Crippen LogP contribution in [0.1, 0.15) is 47.1 Å². The first kappa shape index (κ1) is 20.1. The van der Waals surface area contributed by atoms with E-state index in [1.807, 2.05) is 37.6 Å². The van der Waals surface area contributed by atoms with Crippen molar-refractivity contribution in [3.8, 4) is 5.75 Å². The van der Waals surface area contributed by atoms with Gasteiger partial charge in [0, 0.05) is 16.5 Å². The number of anilines is 1. The summed E-state index contributed by atoms with van der Waals surface area (Å²) in [4.78, 5) is 2.15. The summed E-state index contributed by atoms with van der Waals surface area (Å²) >= 11 is 4.76. The Labute approximate surface area is 159 Å². The van der Waals surface area contributed by atoms with Crippen LogP contribution in [0.3, 0.4) is 0 Å². The van der Waals surface area contributed by atoms with Crippen molar-refractivity contribution in [2.75, 3.05) is 11.5 Å². The van der Waals surface area contributed by atoms with Gasteiger partial charge in [-0.1, -0.05) is 28.5 Å². The normalized spacial score (nSPS) is 24.6. The number of nitrogens with zero attached hydrogens (tertiary/aromatic N) is 1. The lowest BCUT2D eigenvalue weighted by atomic mass is 9.93. The predicted octanol–water partition coefficient (Wildman–Crippen LogP) is 4.98. The molecule has 6 heteroatoms. The summed E-state index contributed by atoms with van der Waals surface area (Å²) < 4.78 is 5.89. The zero-order valence-corrected chi connectivity index (χ0v) is 17.9. The second-order valence-corrected chi connectivity index (χ2v) is 11.0. The molecule has 0 fully saturated rings. The largest absolute Gasteiger partial charge is 0.494 e. The molecule has 24 heavy (non-hydrogen) atoms. The molecule has 0 radical (unpaired) electrons. The molecule has 1 heterocycles. The van der Waals surface area contributed by atoms with Gasteiger partial charge in [-0.2, -0.15) is 12.6 Å². The SMILES string of the molecule is CCOc1ccc2c(c1)CC(S)SSC(C)C(C)(C)N2C(C)(C)O. The van der Waals surface area contributed by atoms with Crippen LogP contribution >= 0.6 is 34.2 Å². The van der Waals surface area contributed by atoms with Gasteiger partial charge in [0.1, 0.15) is 11.5 Å². The van der Waals surface area contributed by atoms with Gasteiger partial charge in [0.2, 0.25) is 0 Å². The van der Waals surface area contributed by atoms with Gasteiger partial charge >= 0.3 is 0 Å². The van der Waals surface area contributed by atoms with Gasteiger partial charge in [0.05, 0.1) is 11.2 Å². The second-order valence-electron chi connectivity index (χ2n) is 7.20. The van der Waals surface area contributed by atoms with Gasteiger partial charge < -0.3 is 14.7 Å². The minimum atomic E-state index is -0.971. The van der Waals surface area contributed by atoms with Crippen molar-refractivity contribution in [2.24, 2.45) is 0 Å². The summed E-state index contributed by atoms with van der Waals surface area (Å²) in [5.41, 5.74) is 1.03. The van der Waals surface area contributed by atoms with E-state index in [1.165, 1.54) is 5.56 Å². The van der Waals surface area contributed by atoms with E-state index in [0.29, 0.717) is 11.9 Å². The van der Waals surface area contributed by atoms with E-state index in [2.05, 4.69) is 37.8 Å². The zero-order chi connectivity index (χ0) is 18.1. The molecule has 1 aromatic rings. The molecule has 0 bridgehead atoms. The molecule has 0 aromatic heterocycles. The van der Waals surface area contributed by atoms with E-state index in [1.54, 1.807) is 10.8 Å². The van der Waals surface area contributed by atoms with Gasteiger partial charge in [-0.25, -0.2) is 0 Å².